The Hall–Kier alpha value is -3.29. The van der Waals surface area contributed by atoms with Crippen molar-refractivity contribution in [2.75, 3.05) is 18.2 Å². The number of carbonyl (C=O) groups is 1. The molecule has 0 spiro atoms. The van der Waals surface area contributed by atoms with Gasteiger partial charge in [0.05, 0.1) is 18.1 Å². The number of hydrogen-bond donors (Lipinski definition) is 2. The molecule has 0 amide bonds. The number of nitrogens with two attached hydrogens (primary N) is 1. The van der Waals surface area contributed by atoms with Crippen molar-refractivity contribution in [3.05, 3.63) is 53.6 Å². The molecule has 0 bridgehead atoms. The number of rotatable bonds is 4. The SMILES string of the molecule is COC(=O)c1ccc(F)c(CNc2ncnc3nc(N)ccc23)c1. The molecule has 8 heteroatoms. The van der Waals surface area contributed by atoms with E-state index in [1.54, 1.807) is 12.1 Å². The summed E-state index contributed by atoms with van der Waals surface area (Å²) in [5, 5.41) is 3.69. The van der Waals surface area contributed by atoms with E-state index in [-0.39, 0.29) is 12.1 Å². The predicted molar refractivity (Wildman–Crippen MR) is 86.8 cm³/mol. The fourth-order valence-corrected chi connectivity index (χ4v) is 2.23. The first-order valence-corrected chi connectivity index (χ1v) is 7.06. The Labute approximate surface area is 136 Å². The number of pyridine rings is 1. The van der Waals surface area contributed by atoms with Gasteiger partial charge in [0.2, 0.25) is 0 Å². The van der Waals surface area contributed by atoms with Crippen molar-refractivity contribution < 1.29 is 13.9 Å². The topological polar surface area (TPSA) is 103 Å². The van der Waals surface area contributed by atoms with E-state index >= 15 is 0 Å². The Morgan fingerprint density at radius 2 is 2.12 bits per heavy atom. The van der Waals surface area contributed by atoms with Crippen LogP contribution in [-0.2, 0) is 11.3 Å². The summed E-state index contributed by atoms with van der Waals surface area (Å²) in [6.45, 7) is 0.132. The van der Waals surface area contributed by atoms with Gasteiger partial charge in [-0.15, -0.1) is 0 Å². The standard InChI is InChI=1S/C16H14FN5O2/c1-24-16(23)9-2-4-12(17)10(6-9)7-19-14-11-3-5-13(18)22-15(11)21-8-20-14/h2-6,8H,7H2,1H3,(H3,18,19,20,21,22). The predicted octanol–water partition coefficient (Wildman–Crippen LogP) is 2.14. The fraction of sp³-hybridized carbons (Fsp3) is 0.125. The Morgan fingerprint density at radius 3 is 2.92 bits per heavy atom. The molecule has 1 aromatic carbocycles. The van der Waals surface area contributed by atoms with Crippen LogP contribution in [0.1, 0.15) is 15.9 Å². The summed E-state index contributed by atoms with van der Waals surface area (Å²) >= 11 is 0. The van der Waals surface area contributed by atoms with Gasteiger partial charge in [0.1, 0.15) is 23.8 Å². The normalized spacial score (nSPS) is 10.6. The lowest BCUT2D eigenvalue weighted by Crippen LogP contribution is -2.08. The van der Waals surface area contributed by atoms with Gasteiger partial charge in [0, 0.05) is 12.1 Å². The van der Waals surface area contributed by atoms with Crippen LogP contribution in [-0.4, -0.2) is 28.0 Å². The number of methoxy groups -OCH3 is 1. The minimum Gasteiger partial charge on any atom is -0.465 e. The maximum atomic E-state index is 14.0. The van der Waals surface area contributed by atoms with Gasteiger partial charge < -0.3 is 15.8 Å². The number of aromatic nitrogens is 3. The van der Waals surface area contributed by atoms with Gasteiger partial charge >= 0.3 is 5.97 Å². The van der Waals surface area contributed by atoms with E-state index < -0.39 is 11.8 Å². The van der Waals surface area contributed by atoms with E-state index in [0.29, 0.717) is 28.2 Å². The number of fused-ring (bicyclic) bond motifs is 1. The fourth-order valence-electron chi connectivity index (χ4n) is 2.23. The van der Waals surface area contributed by atoms with Crippen LogP contribution in [0, 0.1) is 5.82 Å². The Morgan fingerprint density at radius 1 is 1.29 bits per heavy atom. The largest absolute Gasteiger partial charge is 0.465 e. The van der Waals surface area contributed by atoms with E-state index in [2.05, 4.69) is 25.0 Å². The molecule has 24 heavy (non-hydrogen) atoms. The second-order valence-corrected chi connectivity index (χ2v) is 4.98. The van der Waals surface area contributed by atoms with E-state index in [4.69, 9.17) is 5.73 Å². The van der Waals surface area contributed by atoms with Crippen molar-refractivity contribution >= 4 is 28.6 Å². The van der Waals surface area contributed by atoms with Crippen molar-refractivity contribution in [2.45, 2.75) is 6.54 Å². The van der Waals surface area contributed by atoms with Crippen LogP contribution in [0.15, 0.2) is 36.7 Å². The van der Waals surface area contributed by atoms with Crippen molar-refractivity contribution in [3.8, 4) is 0 Å². The van der Waals surface area contributed by atoms with Crippen LogP contribution < -0.4 is 11.1 Å². The lowest BCUT2D eigenvalue weighted by molar-refractivity contribution is 0.0600. The molecule has 3 N–H and O–H groups in total. The number of esters is 1. The molecule has 3 aromatic rings. The van der Waals surface area contributed by atoms with Crippen LogP contribution in [0.3, 0.4) is 0 Å². The Balaban J connectivity index is 1.87. The summed E-state index contributed by atoms with van der Waals surface area (Å²) < 4.78 is 18.6. The van der Waals surface area contributed by atoms with Crippen molar-refractivity contribution in [3.63, 3.8) is 0 Å². The zero-order valence-electron chi connectivity index (χ0n) is 12.8. The maximum absolute atomic E-state index is 14.0. The molecule has 0 fully saturated rings. The van der Waals surface area contributed by atoms with E-state index in [1.807, 2.05) is 0 Å². The minimum absolute atomic E-state index is 0.132. The zero-order chi connectivity index (χ0) is 17.1. The molecule has 122 valence electrons. The summed E-state index contributed by atoms with van der Waals surface area (Å²) in [4.78, 5) is 23.8. The van der Waals surface area contributed by atoms with Crippen LogP contribution in [0.2, 0.25) is 0 Å². The molecule has 7 nitrogen and oxygen atoms in total. The number of anilines is 2. The third-order valence-electron chi connectivity index (χ3n) is 3.43. The van der Waals surface area contributed by atoms with E-state index in [9.17, 15) is 9.18 Å². The molecule has 3 rings (SSSR count). The number of nitrogen functional groups attached to an aromatic ring is 1. The smallest absolute Gasteiger partial charge is 0.337 e. The average Bonchev–Trinajstić information content (AvgIpc) is 2.60. The molecular weight excluding hydrogens is 313 g/mol. The number of hydrogen-bond acceptors (Lipinski definition) is 7. The molecule has 0 unspecified atom stereocenters. The maximum Gasteiger partial charge on any atom is 0.337 e. The van der Waals surface area contributed by atoms with Crippen LogP contribution in [0.4, 0.5) is 16.0 Å². The lowest BCUT2D eigenvalue weighted by Gasteiger charge is -2.10. The highest BCUT2D eigenvalue weighted by molar-refractivity contribution is 5.89. The third kappa shape index (κ3) is 3.07. The molecule has 2 heterocycles. The van der Waals surface area contributed by atoms with Gasteiger partial charge in [-0.2, -0.15) is 0 Å². The van der Waals surface area contributed by atoms with E-state index in [1.165, 1.54) is 31.6 Å². The Bertz CT molecular complexity index is 916. The van der Waals surface area contributed by atoms with Crippen molar-refractivity contribution in [2.24, 2.45) is 0 Å². The van der Waals surface area contributed by atoms with Crippen LogP contribution >= 0.6 is 0 Å². The highest BCUT2D eigenvalue weighted by Gasteiger charge is 2.11. The first-order valence-electron chi connectivity index (χ1n) is 7.06. The van der Waals surface area contributed by atoms with Crippen LogP contribution in [0.5, 0.6) is 0 Å². The van der Waals surface area contributed by atoms with Gasteiger partial charge in [-0.05, 0) is 30.3 Å². The van der Waals surface area contributed by atoms with E-state index in [0.717, 1.165) is 0 Å². The highest BCUT2D eigenvalue weighted by Crippen LogP contribution is 2.20. The van der Waals surface area contributed by atoms with Crippen molar-refractivity contribution in [1.29, 1.82) is 0 Å². The summed E-state index contributed by atoms with van der Waals surface area (Å²) in [6.07, 6.45) is 1.35. The molecule has 0 aliphatic carbocycles. The first-order chi connectivity index (χ1) is 11.6. The Kier molecular flexibility index (Phi) is 4.19. The second kappa shape index (κ2) is 6.45. The monoisotopic (exact) mass is 327 g/mol. The number of halogens is 1. The second-order valence-electron chi connectivity index (χ2n) is 4.98. The third-order valence-corrected chi connectivity index (χ3v) is 3.43. The van der Waals surface area contributed by atoms with Crippen molar-refractivity contribution in [1.82, 2.24) is 15.0 Å². The number of carbonyl (C=O) groups excluding carboxylic acids is 1. The van der Waals surface area contributed by atoms with Gasteiger partial charge in [0.15, 0.2) is 5.65 Å². The number of nitrogens with zero attached hydrogens (tertiary/aromatic N) is 3. The molecule has 0 saturated heterocycles. The minimum atomic E-state index is -0.525. The molecule has 0 radical (unpaired) electrons. The van der Waals surface area contributed by atoms with Gasteiger partial charge in [-0.3, -0.25) is 0 Å². The van der Waals surface area contributed by atoms with Gasteiger partial charge in [0.25, 0.3) is 0 Å². The quantitative estimate of drug-likeness (QED) is 0.708. The number of ether oxygens (including phenoxy) is 1. The number of benzene rings is 1. The molecule has 0 saturated carbocycles. The summed E-state index contributed by atoms with van der Waals surface area (Å²) in [5.41, 5.74) is 6.66. The van der Waals surface area contributed by atoms with Gasteiger partial charge in [-0.1, -0.05) is 0 Å². The highest BCUT2D eigenvalue weighted by atomic mass is 19.1. The molecule has 0 atom stereocenters. The summed E-state index contributed by atoms with van der Waals surface area (Å²) in [5.74, 6) is -0.112. The molecular formula is C16H14FN5O2. The van der Waals surface area contributed by atoms with Crippen LogP contribution in [0.25, 0.3) is 11.0 Å². The first kappa shape index (κ1) is 15.6. The summed E-state index contributed by atoms with van der Waals surface area (Å²) in [6, 6.07) is 7.41. The summed E-state index contributed by atoms with van der Waals surface area (Å²) in [7, 11) is 1.27. The molecule has 0 aliphatic rings. The van der Waals surface area contributed by atoms with Gasteiger partial charge in [-0.25, -0.2) is 24.1 Å². The number of nitrogens with one attached hydrogen (secondary N) is 1. The average molecular weight is 327 g/mol. The lowest BCUT2D eigenvalue weighted by atomic mass is 10.1. The zero-order valence-corrected chi connectivity index (χ0v) is 12.8. The molecule has 0 aliphatic heterocycles. The molecule has 2 aromatic heterocycles.